The predicted molar refractivity (Wildman–Crippen MR) is 72.1 cm³/mol. The number of alkyl halides is 2. The number of ether oxygens (including phenoxy) is 1. The second-order valence-corrected chi connectivity index (χ2v) is 4.27. The van der Waals surface area contributed by atoms with E-state index < -0.39 is 6.43 Å². The fraction of sp³-hybridized carbons (Fsp3) is 0.357. The van der Waals surface area contributed by atoms with Gasteiger partial charge in [0.05, 0.1) is 18.5 Å². The average molecular weight is 281 g/mol. The van der Waals surface area contributed by atoms with Crippen LogP contribution in [0.2, 0.25) is 0 Å². The summed E-state index contributed by atoms with van der Waals surface area (Å²) in [7, 11) is 1.60. The molecule has 0 bridgehead atoms. The minimum atomic E-state index is -2.57. The van der Waals surface area contributed by atoms with Crippen LogP contribution in [0.5, 0.6) is 0 Å². The molecule has 0 fully saturated rings. The maximum Gasteiger partial charge on any atom is 0.280 e. The van der Waals surface area contributed by atoms with E-state index in [9.17, 15) is 8.78 Å². The van der Waals surface area contributed by atoms with E-state index in [4.69, 9.17) is 4.74 Å². The Kier molecular flexibility index (Phi) is 5.20. The summed E-state index contributed by atoms with van der Waals surface area (Å²) in [6.45, 7) is 1.49. The fourth-order valence-corrected chi connectivity index (χ4v) is 1.93. The highest BCUT2D eigenvalue weighted by atomic mass is 19.3. The van der Waals surface area contributed by atoms with Gasteiger partial charge in [0, 0.05) is 25.8 Å². The van der Waals surface area contributed by atoms with E-state index in [-0.39, 0.29) is 5.69 Å². The van der Waals surface area contributed by atoms with Crippen LogP contribution < -0.4 is 5.32 Å². The number of hydrogen-bond donors (Lipinski definition) is 1. The number of nitrogens with one attached hydrogen (secondary N) is 1. The van der Waals surface area contributed by atoms with Gasteiger partial charge in [-0.3, -0.25) is 0 Å². The molecular weight excluding hydrogens is 264 g/mol. The fourth-order valence-electron chi connectivity index (χ4n) is 1.93. The Hall–Kier alpha value is -1.79. The van der Waals surface area contributed by atoms with Gasteiger partial charge in [-0.1, -0.05) is 18.2 Å². The standard InChI is InChI=1S/C14H17F2N3O/c1-20-8-7-17-9-11-10-18-19(13(11)14(15)16)12-5-3-2-4-6-12/h2-6,10,14,17H,7-9H2,1H3. The van der Waals surface area contributed by atoms with Crippen molar-refractivity contribution in [3.63, 3.8) is 0 Å². The van der Waals surface area contributed by atoms with Crippen molar-refractivity contribution < 1.29 is 13.5 Å². The third kappa shape index (κ3) is 3.40. The highest BCUT2D eigenvalue weighted by Crippen LogP contribution is 2.25. The summed E-state index contributed by atoms with van der Waals surface area (Å²) in [6, 6.07) is 8.93. The topological polar surface area (TPSA) is 39.1 Å². The third-order valence-corrected chi connectivity index (χ3v) is 2.89. The number of hydrogen-bond acceptors (Lipinski definition) is 3. The molecule has 0 saturated carbocycles. The molecule has 0 atom stereocenters. The first-order valence-corrected chi connectivity index (χ1v) is 6.34. The molecule has 2 aromatic rings. The molecule has 1 aromatic carbocycles. The molecule has 20 heavy (non-hydrogen) atoms. The predicted octanol–water partition coefficient (Wildman–Crippen LogP) is 2.55. The molecule has 0 aliphatic rings. The van der Waals surface area contributed by atoms with Crippen LogP contribution in [0.15, 0.2) is 36.5 Å². The molecule has 1 aromatic heterocycles. The van der Waals surface area contributed by atoms with Crippen molar-refractivity contribution in [3.05, 3.63) is 47.8 Å². The van der Waals surface area contributed by atoms with Crippen molar-refractivity contribution >= 4 is 0 Å². The van der Waals surface area contributed by atoms with E-state index in [1.807, 2.05) is 6.07 Å². The number of rotatable bonds is 7. The van der Waals surface area contributed by atoms with Crippen molar-refractivity contribution in [1.82, 2.24) is 15.1 Å². The first-order valence-electron chi connectivity index (χ1n) is 6.34. The van der Waals surface area contributed by atoms with E-state index in [1.54, 1.807) is 31.4 Å². The lowest BCUT2D eigenvalue weighted by Crippen LogP contribution is -2.19. The van der Waals surface area contributed by atoms with Crippen LogP contribution in [0, 0.1) is 0 Å². The van der Waals surface area contributed by atoms with E-state index in [2.05, 4.69) is 10.4 Å². The second-order valence-electron chi connectivity index (χ2n) is 4.27. The Morgan fingerprint density at radius 1 is 1.30 bits per heavy atom. The van der Waals surface area contributed by atoms with Gasteiger partial charge in [-0.2, -0.15) is 5.10 Å². The van der Waals surface area contributed by atoms with E-state index in [1.165, 1.54) is 10.9 Å². The zero-order chi connectivity index (χ0) is 14.4. The first-order chi connectivity index (χ1) is 9.74. The number of methoxy groups -OCH3 is 1. The van der Waals surface area contributed by atoms with Gasteiger partial charge in [-0.25, -0.2) is 13.5 Å². The number of benzene rings is 1. The molecule has 6 heteroatoms. The quantitative estimate of drug-likeness (QED) is 0.793. The summed E-state index contributed by atoms with van der Waals surface area (Å²) in [5, 5.41) is 7.12. The minimum Gasteiger partial charge on any atom is -0.383 e. The van der Waals surface area contributed by atoms with Gasteiger partial charge in [0.2, 0.25) is 0 Å². The molecule has 0 radical (unpaired) electrons. The number of nitrogens with zero attached hydrogens (tertiary/aromatic N) is 2. The maximum absolute atomic E-state index is 13.3. The largest absolute Gasteiger partial charge is 0.383 e. The Balaban J connectivity index is 2.20. The summed E-state index contributed by atoms with van der Waals surface area (Å²) in [4.78, 5) is 0. The minimum absolute atomic E-state index is 0.0684. The highest BCUT2D eigenvalue weighted by Gasteiger charge is 2.20. The number of aromatic nitrogens is 2. The van der Waals surface area contributed by atoms with Crippen LogP contribution in [0.3, 0.4) is 0 Å². The monoisotopic (exact) mass is 281 g/mol. The zero-order valence-corrected chi connectivity index (χ0v) is 11.2. The van der Waals surface area contributed by atoms with E-state index >= 15 is 0 Å². The third-order valence-electron chi connectivity index (χ3n) is 2.89. The lowest BCUT2D eigenvalue weighted by Gasteiger charge is -2.09. The summed E-state index contributed by atoms with van der Waals surface area (Å²) in [6.07, 6.45) is -1.09. The van der Waals surface area contributed by atoms with Crippen molar-refractivity contribution in [3.8, 4) is 5.69 Å². The zero-order valence-electron chi connectivity index (χ0n) is 11.2. The normalized spacial score (nSPS) is 11.2. The van der Waals surface area contributed by atoms with Gasteiger partial charge in [0.15, 0.2) is 0 Å². The van der Waals surface area contributed by atoms with Gasteiger partial charge < -0.3 is 10.1 Å². The van der Waals surface area contributed by atoms with Crippen molar-refractivity contribution in [2.75, 3.05) is 20.3 Å². The van der Waals surface area contributed by atoms with Crippen LogP contribution >= 0.6 is 0 Å². The first kappa shape index (κ1) is 14.6. The molecule has 0 aliphatic carbocycles. The van der Waals surface area contributed by atoms with Gasteiger partial charge >= 0.3 is 0 Å². The Morgan fingerprint density at radius 3 is 2.70 bits per heavy atom. The molecule has 0 unspecified atom stereocenters. The van der Waals surface area contributed by atoms with Gasteiger partial charge in [0.1, 0.15) is 5.69 Å². The van der Waals surface area contributed by atoms with Gasteiger partial charge in [-0.15, -0.1) is 0 Å². The molecule has 1 heterocycles. The van der Waals surface area contributed by atoms with Gasteiger partial charge in [-0.05, 0) is 12.1 Å². The Bertz CT molecular complexity index is 528. The summed E-state index contributed by atoms with van der Waals surface area (Å²) in [5.41, 5.74) is 1.06. The van der Waals surface area contributed by atoms with Crippen molar-refractivity contribution in [2.24, 2.45) is 0 Å². The van der Waals surface area contributed by atoms with Crippen LogP contribution in [0.4, 0.5) is 8.78 Å². The van der Waals surface area contributed by atoms with Crippen LogP contribution in [-0.4, -0.2) is 30.0 Å². The average Bonchev–Trinajstić information content (AvgIpc) is 2.88. The molecule has 0 spiro atoms. The highest BCUT2D eigenvalue weighted by molar-refractivity contribution is 5.35. The molecule has 108 valence electrons. The molecule has 2 rings (SSSR count). The summed E-state index contributed by atoms with van der Waals surface area (Å²) < 4.78 is 32.7. The smallest absolute Gasteiger partial charge is 0.280 e. The number of halogens is 2. The summed E-state index contributed by atoms with van der Waals surface area (Å²) in [5.74, 6) is 0. The maximum atomic E-state index is 13.3. The summed E-state index contributed by atoms with van der Waals surface area (Å²) >= 11 is 0. The van der Waals surface area contributed by atoms with Gasteiger partial charge in [0.25, 0.3) is 6.43 Å². The van der Waals surface area contributed by atoms with Crippen LogP contribution in [0.25, 0.3) is 5.69 Å². The van der Waals surface area contributed by atoms with E-state index in [0.29, 0.717) is 30.9 Å². The Labute approximate surface area is 116 Å². The van der Waals surface area contributed by atoms with Crippen molar-refractivity contribution in [2.45, 2.75) is 13.0 Å². The molecule has 0 saturated heterocycles. The van der Waals surface area contributed by atoms with Crippen LogP contribution in [-0.2, 0) is 11.3 Å². The second kappa shape index (κ2) is 7.12. The lowest BCUT2D eigenvalue weighted by atomic mass is 10.2. The molecule has 0 amide bonds. The van der Waals surface area contributed by atoms with E-state index in [0.717, 1.165) is 0 Å². The van der Waals surface area contributed by atoms with Crippen LogP contribution in [0.1, 0.15) is 17.7 Å². The molecule has 1 N–H and O–H groups in total. The molecule has 4 nitrogen and oxygen atoms in total. The SMILES string of the molecule is COCCNCc1cnn(-c2ccccc2)c1C(F)F. The lowest BCUT2D eigenvalue weighted by molar-refractivity contribution is 0.141. The Morgan fingerprint density at radius 2 is 2.05 bits per heavy atom. The number of para-hydroxylation sites is 1. The molecule has 0 aliphatic heterocycles. The molecular formula is C14H17F2N3O. The van der Waals surface area contributed by atoms with Crippen molar-refractivity contribution in [1.29, 1.82) is 0 Å².